The third kappa shape index (κ3) is 147. The molecule has 1 rings (SSSR count). The number of aromatic nitrogens is 1. The molecule has 0 aliphatic carbocycles. The fourth-order valence-electron chi connectivity index (χ4n) is 0.687. The van der Waals surface area contributed by atoms with Gasteiger partial charge in [0, 0.05) is 120 Å². The maximum atomic E-state index is 9.56. The van der Waals surface area contributed by atoms with E-state index in [1.54, 1.807) is 68.4 Å². The molecule has 0 aromatic carbocycles. The van der Waals surface area contributed by atoms with Crippen LogP contribution in [-0.2, 0) is 77.6 Å². The molecule has 37 heavy (non-hydrogen) atoms. The van der Waals surface area contributed by atoms with Crippen LogP contribution in [0.15, 0.2) is 29.5 Å². The summed E-state index contributed by atoms with van der Waals surface area (Å²) in [5.41, 5.74) is 13.7. The van der Waals surface area contributed by atoms with Crippen molar-refractivity contribution in [2.45, 2.75) is 0 Å². The van der Waals surface area contributed by atoms with E-state index in [9.17, 15) is 16.8 Å². The Labute approximate surface area is 259 Å². The van der Waals surface area contributed by atoms with E-state index in [0.29, 0.717) is 5.69 Å². The van der Waals surface area contributed by atoms with Gasteiger partial charge in [0.25, 0.3) is 0 Å². The SMILES string of the molecule is CS(C)=O.CS(C)=O.CS(C)=O.CS(C)=O.NC(=S)N/N=C(\N)c1ccccn1.[Br-].[C-]#[O+].[C-]#[O+].[C-]#[O+].[Re]. The molecule has 1 aromatic rings. The summed E-state index contributed by atoms with van der Waals surface area (Å²) in [4.78, 5) is 3.98. The van der Waals surface area contributed by atoms with Crippen LogP contribution in [0.1, 0.15) is 5.69 Å². The van der Waals surface area contributed by atoms with Gasteiger partial charge < -0.3 is 28.4 Å². The third-order valence-electron chi connectivity index (χ3n) is 1.21. The Balaban J connectivity index is -0.0000000396. The molecule has 0 spiro atoms. The zero-order chi connectivity index (χ0) is 30.0. The van der Waals surface area contributed by atoms with Crippen molar-refractivity contribution in [2.75, 3.05) is 50.0 Å². The van der Waals surface area contributed by atoms with E-state index < -0.39 is 43.2 Å². The van der Waals surface area contributed by atoms with Gasteiger partial charge in [-0.25, -0.2) is 0 Å². The smallest absolute Gasteiger partial charge is 0 e. The van der Waals surface area contributed by atoms with Crippen LogP contribution in [0.4, 0.5) is 0 Å². The van der Waals surface area contributed by atoms with Gasteiger partial charge in [0.05, 0.1) is 0 Å². The minimum atomic E-state index is -0.611. The van der Waals surface area contributed by atoms with Crippen LogP contribution >= 0.6 is 12.2 Å². The minimum absolute atomic E-state index is 0. The topological polar surface area (TPSA) is 217 Å². The van der Waals surface area contributed by atoms with Crippen molar-refractivity contribution < 1.29 is 68.2 Å². The van der Waals surface area contributed by atoms with Crippen molar-refractivity contribution in [2.24, 2.45) is 16.6 Å². The van der Waals surface area contributed by atoms with Crippen LogP contribution in [0.25, 0.3) is 0 Å². The number of pyridine rings is 1. The van der Waals surface area contributed by atoms with Gasteiger partial charge in [-0.05, 0) is 24.4 Å². The van der Waals surface area contributed by atoms with Gasteiger partial charge in [-0.3, -0.25) is 27.2 Å². The van der Waals surface area contributed by atoms with Gasteiger partial charge in [0.1, 0.15) is 5.69 Å². The normalized spacial score (nSPS) is 7.78. The fraction of sp³-hybridized carbons (Fsp3) is 0.444. The number of nitrogens with two attached hydrogens (primary N) is 2. The molecule has 0 unspecified atom stereocenters. The molecule has 5 N–H and O–H groups in total. The number of nitrogens with zero attached hydrogens (tertiary/aromatic N) is 2. The summed E-state index contributed by atoms with van der Waals surface area (Å²) in [5, 5.41) is 3.78. The Kier molecular flexibility index (Phi) is 91.3. The molecule has 217 valence electrons. The monoisotopic (exact) mass is 857 g/mol. The molecule has 0 amide bonds. The summed E-state index contributed by atoms with van der Waals surface area (Å²) in [5.74, 6) is 0.244. The van der Waals surface area contributed by atoms with E-state index in [0.717, 1.165) is 0 Å². The number of amidine groups is 1. The number of hydrazone groups is 1. The van der Waals surface area contributed by atoms with E-state index in [2.05, 4.69) is 47.7 Å². The fourth-order valence-corrected chi connectivity index (χ4v) is 0.733. The number of nitrogens with one attached hydrogen (secondary N) is 1. The van der Waals surface area contributed by atoms with E-state index in [-0.39, 0.29) is 48.4 Å². The Hall–Kier alpha value is -0.728. The van der Waals surface area contributed by atoms with Gasteiger partial charge >= 0.3 is 33.9 Å². The van der Waals surface area contributed by atoms with Gasteiger partial charge in [-0.2, -0.15) is 5.10 Å². The summed E-state index contributed by atoms with van der Waals surface area (Å²) >= 11 is 4.55. The molecule has 0 atom stereocenters. The summed E-state index contributed by atoms with van der Waals surface area (Å²) in [7, 11) is -2.44. The second-order valence-electron chi connectivity index (χ2n) is 5.15. The van der Waals surface area contributed by atoms with Crippen molar-refractivity contribution >= 4 is 66.4 Å². The van der Waals surface area contributed by atoms with Crippen molar-refractivity contribution in [3.63, 3.8) is 0 Å². The average Bonchev–Trinajstić information content (AvgIpc) is 2.75. The molecule has 12 nitrogen and oxygen atoms in total. The first kappa shape index (κ1) is 60.7. The van der Waals surface area contributed by atoms with Crippen molar-refractivity contribution in [3.8, 4) is 0 Å². The molecular weight excluding hydrogens is 825 g/mol. The summed E-state index contributed by atoms with van der Waals surface area (Å²) < 4.78 is 60.7. The zero-order valence-electron chi connectivity index (χ0n) is 21.5. The molecular formula is C18H33BrN5O7ReS5-. The van der Waals surface area contributed by atoms with Crippen LogP contribution in [-0.4, -0.2) is 82.8 Å². The largest absolute Gasteiger partial charge is 0 e. The van der Waals surface area contributed by atoms with E-state index in [4.69, 9.17) is 25.4 Å². The van der Waals surface area contributed by atoms with Crippen LogP contribution in [0.3, 0.4) is 0 Å². The van der Waals surface area contributed by atoms with Gasteiger partial charge in [0.2, 0.25) is 0 Å². The van der Waals surface area contributed by atoms with Gasteiger partial charge in [0.15, 0.2) is 10.9 Å². The Bertz CT molecular complexity index is 737. The average molecular weight is 858 g/mol. The Morgan fingerprint density at radius 1 is 0.811 bits per heavy atom. The summed E-state index contributed by atoms with van der Waals surface area (Å²) in [6.07, 6.45) is 14.7. The first-order valence-electron chi connectivity index (χ1n) is 8.04. The van der Waals surface area contributed by atoms with Crippen LogP contribution in [0.2, 0.25) is 0 Å². The van der Waals surface area contributed by atoms with Crippen LogP contribution in [0, 0.1) is 20.0 Å². The van der Waals surface area contributed by atoms with E-state index in [1.807, 2.05) is 6.07 Å². The molecule has 1 radical (unpaired) electrons. The van der Waals surface area contributed by atoms with Crippen LogP contribution < -0.4 is 33.9 Å². The Morgan fingerprint density at radius 2 is 1.08 bits per heavy atom. The standard InChI is InChI=1S/C7H9N5S.4C2H6OS.3CO.BrH.Re/c8-6(11-12-7(9)13)5-3-1-2-4-10-5;4*1-4(2)3;3*1-2;;/h1-4H,(H2,8,11)(H3,9,12,13);4*1-2H3;;;;1H;/p-1. The zero-order valence-corrected chi connectivity index (χ0v) is 29.9. The number of halogens is 1. The molecule has 19 heteroatoms. The molecule has 1 aromatic heterocycles. The number of hydrogen-bond donors (Lipinski definition) is 3. The molecule has 0 saturated carbocycles. The van der Waals surface area contributed by atoms with Crippen LogP contribution in [0.5, 0.6) is 0 Å². The number of hydrogen-bond acceptors (Lipinski definition) is 7. The van der Waals surface area contributed by atoms with Gasteiger partial charge in [-0.15, -0.1) is 0 Å². The predicted molar refractivity (Wildman–Crippen MR) is 147 cm³/mol. The molecule has 0 saturated heterocycles. The number of thiocarbonyl (C=S) groups is 1. The second-order valence-corrected chi connectivity index (χ2v) is 11.5. The summed E-state index contributed by atoms with van der Waals surface area (Å²) in [6.45, 7) is 13.5. The van der Waals surface area contributed by atoms with Gasteiger partial charge in [-0.1, -0.05) is 6.07 Å². The molecule has 0 bridgehead atoms. The van der Waals surface area contributed by atoms with Crippen molar-refractivity contribution in [1.29, 1.82) is 0 Å². The molecule has 0 aliphatic rings. The molecule has 0 aliphatic heterocycles. The van der Waals surface area contributed by atoms with Crippen molar-refractivity contribution in [3.05, 3.63) is 50.0 Å². The quantitative estimate of drug-likeness (QED) is 0.0668. The maximum Gasteiger partial charge on any atom is 0 e. The summed E-state index contributed by atoms with van der Waals surface area (Å²) in [6, 6.07) is 5.34. The van der Waals surface area contributed by atoms with E-state index in [1.165, 1.54) is 0 Å². The predicted octanol–water partition coefficient (Wildman–Crippen LogP) is -3.60. The maximum absolute atomic E-state index is 9.56. The Morgan fingerprint density at radius 3 is 1.27 bits per heavy atom. The van der Waals surface area contributed by atoms with E-state index >= 15 is 0 Å². The first-order valence-corrected chi connectivity index (χ1v) is 16.3. The first-order chi connectivity index (χ1) is 16.1. The molecule has 0 fully saturated rings. The van der Waals surface area contributed by atoms with Crippen molar-refractivity contribution in [1.82, 2.24) is 10.4 Å². The number of rotatable bonds is 2. The molecule has 1 heterocycles. The second kappa shape index (κ2) is 55.7. The minimum Gasteiger partial charge on any atom is 0 e. The third-order valence-corrected chi connectivity index (χ3v) is 1.31.